The lowest BCUT2D eigenvalue weighted by Gasteiger charge is -2.40. The fourth-order valence-corrected chi connectivity index (χ4v) is 4.02. The van der Waals surface area contributed by atoms with Gasteiger partial charge < -0.3 is 25.8 Å². The highest BCUT2D eigenvalue weighted by Gasteiger charge is 2.41. The van der Waals surface area contributed by atoms with Crippen LogP contribution in [0.5, 0.6) is 0 Å². The second-order valence-corrected chi connectivity index (χ2v) is 8.26. The van der Waals surface area contributed by atoms with Crippen LogP contribution in [0, 0.1) is 5.92 Å². The van der Waals surface area contributed by atoms with Crippen LogP contribution in [0.25, 0.3) is 0 Å². The van der Waals surface area contributed by atoms with Gasteiger partial charge in [0, 0.05) is 25.2 Å². The van der Waals surface area contributed by atoms with E-state index in [9.17, 15) is 14.7 Å². The molecule has 1 aliphatic heterocycles. The molecular formula is C18H33N3O4. The van der Waals surface area contributed by atoms with Crippen LogP contribution in [0.1, 0.15) is 59.3 Å². The largest absolute Gasteiger partial charge is 0.444 e. The molecule has 1 saturated heterocycles. The Morgan fingerprint density at radius 1 is 1.24 bits per heavy atom. The maximum atomic E-state index is 12.6. The summed E-state index contributed by atoms with van der Waals surface area (Å²) in [7, 11) is 0. The molecule has 2 amide bonds. The van der Waals surface area contributed by atoms with Gasteiger partial charge in [0.2, 0.25) is 5.91 Å². The van der Waals surface area contributed by atoms with Gasteiger partial charge in [-0.2, -0.15) is 0 Å². The number of carbonyl (C=O) groups excluding carboxylic acids is 2. The summed E-state index contributed by atoms with van der Waals surface area (Å²) < 4.78 is 5.57. The maximum Gasteiger partial charge on any atom is 0.410 e. The Labute approximate surface area is 150 Å². The van der Waals surface area contributed by atoms with Crippen LogP contribution in [0.4, 0.5) is 4.79 Å². The maximum absolute atomic E-state index is 12.6. The van der Waals surface area contributed by atoms with Crippen molar-refractivity contribution in [1.82, 2.24) is 10.2 Å². The summed E-state index contributed by atoms with van der Waals surface area (Å²) in [5, 5.41) is 13.0. The normalized spacial score (nSPS) is 28.6. The number of nitrogens with zero attached hydrogens (tertiary/aromatic N) is 1. The molecule has 4 atom stereocenters. The van der Waals surface area contributed by atoms with Crippen molar-refractivity contribution in [2.75, 3.05) is 13.1 Å². The SMILES string of the molecule is CC(C)(C)OC(=O)N1CCCC1C1CCCCC1NCC(O)C(N)=O. The summed E-state index contributed by atoms with van der Waals surface area (Å²) in [5.41, 5.74) is 4.63. The number of aliphatic hydroxyl groups is 1. The van der Waals surface area contributed by atoms with Crippen LogP contribution in [-0.2, 0) is 9.53 Å². The van der Waals surface area contributed by atoms with Gasteiger partial charge in [-0.3, -0.25) is 4.79 Å². The molecule has 0 radical (unpaired) electrons. The summed E-state index contributed by atoms with van der Waals surface area (Å²) in [6.07, 6.45) is 4.81. The predicted molar refractivity (Wildman–Crippen MR) is 94.9 cm³/mol. The number of rotatable bonds is 5. The molecule has 4 unspecified atom stereocenters. The van der Waals surface area contributed by atoms with Crippen LogP contribution >= 0.6 is 0 Å². The molecule has 1 heterocycles. The average molecular weight is 355 g/mol. The number of likely N-dealkylation sites (tertiary alicyclic amines) is 1. The van der Waals surface area contributed by atoms with Gasteiger partial charge in [-0.1, -0.05) is 12.8 Å². The van der Waals surface area contributed by atoms with Gasteiger partial charge in [-0.15, -0.1) is 0 Å². The van der Waals surface area contributed by atoms with E-state index >= 15 is 0 Å². The number of aliphatic hydroxyl groups excluding tert-OH is 1. The second-order valence-electron chi connectivity index (χ2n) is 8.26. The molecule has 1 aliphatic carbocycles. The van der Waals surface area contributed by atoms with E-state index < -0.39 is 17.6 Å². The van der Waals surface area contributed by atoms with Crippen LogP contribution in [0.15, 0.2) is 0 Å². The van der Waals surface area contributed by atoms with Crippen molar-refractivity contribution in [3.8, 4) is 0 Å². The lowest BCUT2D eigenvalue weighted by molar-refractivity contribution is -0.125. The van der Waals surface area contributed by atoms with E-state index in [0.29, 0.717) is 5.92 Å². The Morgan fingerprint density at radius 3 is 2.56 bits per heavy atom. The minimum absolute atomic E-state index is 0.151. The molecule has 144 valence electrons. The topological polar surface area (TPSA) is 105 Å². The van der Waals surface area contributed by atoms with E-state index in [0.717, 1.165) is 45.1 Å². The third-order valence-corrected chi connectivity index (χ3v) is 5.14. The van der Waals surface area contributed by atoms with Crippen molar-refractivity contribution in [2.24, 2.45) is 11.7 Å². The van der Waals surface area contributed by atoms with E-state index in [1.165, 1.54) is 0 Å². The van der Waals surface area contributed by atoms with Gasteiger partial charge in [-0.25, -0.2) is 4.79 Å². The fourth-order valence-electron chi connectivity index (χ4n) is 4.02. The summed E-state index contributed by atoms with van der Waals surface area (Å²) in [6.45, 7) is 6.53. The van der Waals surface area contributed by atoms with Crippen molar-refractivity contribution in [3.63, 3.8) is 0 Å². The highest BCUT2D eigenvalue weighted by molar-refractivity contribution is 5.78. The molecule has 0 bridgehead atoms. The van der Waals surface area contributed by atoms with E-state index in [4.69, 9.17) is 10.5 Å². The number of hydrogen-bond acceptors (Lipinski definition) is 5. The summed E-state index contributed by atoms with van der Waals surface area (Å²) >= 11 is 0. The third kappa shape index (κ3) is 5.57. The predicted octanol–water partition coefficient (Wildman–Crippen LogP) is 1.38. The molecular weight excluding hydrogens is 322 g/mol. The van der Waals surface area contributed by atoms with Gasteiger partial charge in [0.05, 0.1) is 0 Å². The number of nitrogens with one attached hydrogen (secondary N) is 1. The molecule has 2 fully saturated rings. The molecule has 7 heteroatoms. The molecule has 0 aromatic heterocycles. The van der Waals surface area contributed by atoms with Crippen molar-refractivity contribution < 1.29 is 19.4 Å². The van der Waals surface area contributed by atoms with Crippen molar-refractivity contribution >= 4 is 12.0 Å². The lowest BCUT2D eigenvalue weighted by atomic mass is 9.78. The van der Waals surface area contributed by atoms with Gasteiger partial charge >= 0.3 is 6.09 Å². The monoisotopic (exact) mass is 355 g/mol. The molecule has 2 aliphatic rings. The first kappa shape index (κ1) is 20.0. The van der Waals surface area contributed by atoms with E-state index in [1.807, 2.05) is 25.7 Å². The third-order valence-electron chi connectivity index (χ3n) is 5.14. The quantitative estimate of drug-likeness (QED) is 0.691. The Kier molecular flexibility index (Phi) is 6.68. The number of ether oxygens (including phenoxy) is 1. The molecule has 0 aromatic carbocycles. The van der Waals surface area contributed by atoms with E-state index in [-0.39, 0.29) is 24.7 Å². The zero-order valence-electron chi connectivity index (χ0n) is 15.7. The summed E-state index contributed by atoms with van der Waals surface area (Å²) in [6, 6.07) is 0.328. The molecule has 0 aromatic rings. The van der Waals surface area contributed by atoms with E-state index in [1.54, 1.807) is 0 Å². The molecule has 7 nitrogen and oxygen atoms in total. The highest BCUT2D eigenvalue weighted by atomic mass is 16.6. The van der Waals surface area contributed by atoms with Crippen LogP contribution in [-0.4, -0.2) is 58.9 Å². The first-order valence-corrected chi connectivity index (χ1v) is 9.39. The summed E-state index contributed by atoms with van der Waals surface area (Å²) in [4.78, 5) is 25.5. The molecule has 4 N–H and O–H groups in total. The van der Waals surface area contributed by atoms with Crippen LogP contribution < -0.4 is 11.1 Å². The smallest absolute Gasteiger partial charge is 0.410 e. The van der Waals surface area contributed by atoms with Crippen LogP contribution in [0.2, 0.25) is 0 Å². The molecule has 1 saturated carbocycles. The highest BCUT2D eigenvalue weighted by Crippen LogP contribution is 2.35. The van der Waals surface area contributed by atoms with Gasteiger partial charge in [-0.05, 0) is 52.4 Å². The minimum atomic E-state index is -1.17. The Morgan fingerprint density at radius 2 is 1.92 bits per heavy atom. The Balaban J connectivity index is 2.02. The number of primary amides is 1. The Hall–Kier alpha value is -1.34. The standard InChI is InChI=1S/C18H33N3O4/c1-18(2,3)25-17(24)21-10-6-9-14(21)12-7-4-5-8-13(12)20-11-15(22)16(19)23/h12-15,20,22H,4-11H2,1-3H3,(H2,19,23). The van der Waals surface area contributed by atoms with Gasteiger partial charge in [0.25, 0.3) is 0 Å². The first-order valence-electron chi connectivity index (χ1n) is 9.39. The molecule has 25 heavy (non-hydrogen) atoms. The zero-order valence-corrected chi connectivity index (χ0v) is 15.7. The van der Waals surface area contributed by atoms with Gasteiger partial charge in [0.15, 0.2) is 0 Å². The van der Waals surface area contributed by atoms with E-state index in [2.05, 4.69) is 5.32 Å². The van der Waals surface area contributed by atoms with Crippen molar-refractivity contribution in [3.05, 3.63) is 0 Å². The van der Waals surface area contributed by atoms with Crippen molar-refractivity contribution in [2.45, 2.75) is 83.1 Å². The summed E-state index contributed by atoms with van der Waals surface area (Å²) in [5.74, 6) is -0.403. The fraction of sp³-hybridized carbons (Fsp3) is 0.889. The lowest BCUT2D eigenvalue weighted by Crippen LogP contribution is -2.52. The second kappa shape index (κ2) is 8.36. The number of carbonyl (C=O) groups is 2. The average Bonchev–Trinajstić information content (AvgIpc) is 3.00. The van der Waals surface area contributed by atoms with Crippen LogP contribution in [0.3, 0.4) is 0 Å². The number of nitrogens with two attached hydrogens (primary N) is 1. The number of hydrogen-bond donors (Lipinski definition) is 3. The molecule has 2 rings (SSSR count). The van der Waals surface area contributed by atoms with Gasteiger partial charge in [0.1, 0.15) is 11.7 Å². The molecule has 0 spiro atoms. The van der Waals surface area contributed by atoms with Crippen molar-refractivity contribution in [1.29, 1.82) is 0 Å². The first-order chi connectivity index (χ1) is 11.7. The zero-order chi connectivity index (χ0) is 18.6. The Bertz CT molecular complexity index is 477. The number of amides is 2. The minimum Gasteiger partial charge on any atom is -0.444 e.